The summed E-state index contributed by atoms with van der Waals surface area (Å²) in [6.45, 7) is 5.86. The minimum atomic E-state index is 0.325. The van der Waals surface area contributed by atoms with E-state index in [0.717, 1.165) is 6.54 Å². The molecule has 1 nitrogen and oxygen atoms in total. The molecule has 1 fully saturated rings. The van der Waals surface area contributed by atoms with Gasteiger partial charge in [0.15, 0.2) is 0 Å². The minimum Gasteiger partial charge on any atom is -0.385 e. The first kappa shape index (κ1) is 12.1. The Bertz CT molecular complexity index is 427. The van der Waals surface area contributed by atoms with Gasteiger partial charge in [0.05, 0.1) is 0 Å². The number of anilines is 1. The zero-order valence-corrected chi connectivity index (χ0v) is 11.6. The van der Waals surface area contributed by atoms with Gasteiger partial charge in [-0.15, -0.1) is 0 Å². The standard InChI is InChI=1S/C17H24N/c1-17(2)10-11-18-16-9-8-14(12-15(16)17)13-6-4-3-5-7-13/h6,8-9,12-13,18H,3-5,7,10-11H2,1-2H3. The molecular formula is C17H24N. The molecule has 1 radical (unpaired) electrons. The first-order valence-corrected chi connectivity index (χ1v) is 7.38. The number of hydrogen-bond donors (Lipinski definition) is 1. The van der Waals surface area contributed by atoms with Crippen molar-refractivity contribution in [2.24, 2.45) is 0 Å². The van der Waals surface area contributed by atoms with Crippen LogP contribution in [0.5, 0.6) is 0 Å². The number of nitrogens with one attached hydrogen (secondary N) is 1. The Labute approximate surface area is 111 Å². The zero-order valence-electron chi connectivity index (χ0n) is 11.6. The van der Waals surface area contributed by atoms with Gasteiger partial charge in [0, 0.05) is 12.2 Å². The molecule has 1 aliphatic heterocycles. The molecule has 1 aromatic rings. The fraction of sp³-hybridized carbons (Fsp3) is 0.588. The number of hydrogen-bond acceptors (Lipinski definition) is 1. The third-order valence-electron chi connectivity index (χ3n) is 4.69. The normalized spacial score (nSPS) is 23.2. The van der Waals surface area contributed by atoms with Gasteiger partial charge in [-0.25, -0.2) is 0 Å². The summed E-state index contributed by atoms with van der Waals surface area (Å²) in [5.41, 5.74) is 4.73. The SMILES string of the molecule is CC1(C)CCNc2ccc(C3[CH]CCCC3)cc21. The van der Waals surface area contributed by atoms with Gasteiger partial charge in [0.2, 0.25) is 0 Å². The van der Waals surface area contributed by atoms with Gasteiger partial charge in [0.25, 0.3) is 0 Å². The highest BCUT2D eigenvalue weighted by Gasteiger charge is 2.28. The van der Waals surface area contributed by atoms with Gasteiger partial charge in [-0.3, -0.25) is 0 Å². The summed E-state index contributed by atoms with van der Waals surface area (Å²) in [4.78, 5) is 0. The molecule has 1 aliphatic carbocycles. The Morgan fingerprint density at radius 2 is 2.11 bits per heavy atom. The molecule has 1 heterocycles. The van der Waals surface area contributed by atoms with E-state index in [-0.39, 0.29) is 0 Å². The highest BCUT2D eigenvalue weighted by atomic mass is 14.9. The summed E-state index contributed by atoms with van der Waals surface area (Å²) in [6, 6.07) is 7.10. The van der Waals surface area contributed by atoms with E-state index >= 15 is 0 Å². The lowest BCUT2D eigenvalue weighted by Crippen LogP contribution is -2.28. The van der Waals surface area contributed by atoms with E-state index in [1.807, 2.05) is 0 Å². The first-order valence-electron chi connectivity index (χ1n) is 7.38. The molecule has 1 N–H and O–H groups in total. The van der Waals surface area contributed by atoms with E-state index in [1.54, 1.807) is 0 Å². The summed E-state index contributed by atoms with van der Waals surface area (Å²) in [5, 5.41) is 3.54. The van der Waals surface area contributed by atoms with Gasteiger partial charge < -0.3 is 5.32 Å². The van der Waals surface area contributed by atoms with Crippen molar-refractivity contribution in [2.75, 3.05) is 11.9 Å². The third-order valence-corrected chi connectivity index (χ3v) is 4.69. The molecule has 18 heavy (non-hydrogen) atoms. The van der Waals surface area contributed by atoms with Crippen molar-refractivity contribution in [2.45, 2.75) is 57.3 Å². The van der Waals surface area contributed by atoms with Crippen molar-refractivity contribution in [1.29, 1.82) is 0 Å². The van der Waals surface area contributed by atoms with Crippen molar-refractivity contribution in [3.05, 3.63) is 35.7 Å². The van der Waals surface area contributed by atoms with Crippen LogP contribution in [-0.2, 0) is 5.41 Å². The smallest absolute Gasteiger partial charge is 0.0378 e. The van der Waals surface area contributed by atoms with Crippen molar-refractivity contribution >= 4 is 5.69 Å². The van der Waals surface area contributed by atoms with Crippen LogP contribution < -0.4 is 5.32 Å². The lowest BCUT2D eigenvalue weighted by Gasteiger charge is -2.34. The Hall–Kier alpha value is -0.980. The first-order chi connectivity index (χ1) is 8.67. The number of rotatable bonds is 1. The molecule has 3 rings (SSSR count). The van der Waals surface area contributed by atoms with Gasteiger partial charge in [0.1, 0.15) is 0 Å². The van der Waals surface area contributed by atoms with Crippen molar-refractivity contribution in [3.63, 3.8) is 0 Å². The molecule has 1 unspecified atom stereocenters. The Kier molecular flexibility index (Phi) is 3.09. The number of fused-ring (bicyclic) bond motifs is 1. The summed E-state index contributed by atoms with van der Waals surface area (Å²) >= 11 is 0. The molecule has 97 valence electrons. The van der Waals surface area contributed by atoms with E-state index in [2.05, 4.69) is 43.8 Å². The maximum absolute atomic E-state index is 3.54. The highest BCUT2D eigenvalue weighted by Crippen LogP contribution is 2.40. The van der Waals surface area contributed by atoms with Gasteiger partial charge in [-0.1, -0.05) is 38.8 Å². The Balaban J connectivity index is 1.93. The van der Waals surface area contributed by atoms with Crippen LogP contribution in [0.25, 0.3) is 0 Å². The summed E-state index contributed by atoms with van der Waals surface area (Å²) in [7, 11) is 0. The van der Waals surface area contributed by atoms with Crippen LogP contribution in [0, 0.1) is 6.42 Å². The van der Waals surface area contributed by atoms with Crippen LogP contribution in [0.1, 0.15) is 63.0 Å². The van der Waals surface area contributed by atoms with E-state index in [4.69, 9.17) is 0 Å². The summed E-state index contributed by atoms with van der Waals surface area (Å²) in [6.07, 6.45) is 9.16. The second-order valence-corrected chi connectivity index (χ2v) is 6.49. The fourth-order valence-corrected chi connectivity index (χ4v) is 3.40. The molecule has 1 atom stereocenters. The van der Waals surface area contributed by atoms with E-state index in [1.165, 1.54) is 48.9 Å². The Morgan fingerprint density at radius 1 is 1.22 bits per heavy atom. The topological polar surface area (TPSA) is 12.0 Å². The molecule has 0 saturated heterocycles. The molecule has 0 spiro atoms. The molecule has 1 saturated carbocycles. The quantitative estimate of drug-likeness (QED) is 0.756. The highest BCUT2D eigenvalue weighted by molar-refractivity contribution is 5.58. The number of benzene rings is 1. The zero-order chi connectivity index (χ0) is 12.6. The molecule has 0 amide bonds. The minimum absolute atomic E-state index is 0.325. The van der Waals surface area contributed by atoms with Crippen molar-refractivity contribution in [1.82, 2.24) is 0 Å². The van der Waals surface area contributed by atoms with E-state index < -0.39 is 0 Å². The maximum Gasteiger partial charge on any atom is 0.0378 e. The maximum atomic E-state index is 3.54. The van der Waals surface area contributed by atoms with Gasteiger partial charge in [-0.2, -0.15) is 0 Å². The summed E-state index contributed by atoms with van der Waals surface area (Å²) in [5.74, 6) is 0.696. The molecular weight excluding hydrogens is 218 g/mol. The second-order valence-electron chi connectivity index (χ2n) is 6.49. The fourth-order valence-electron chi connectivity index (χ4n) is 3.40. The molecule has 1 aromatic carbocycles. The average Bonchev–Trinajstić information content (AvgIpc) is 2.39. The Morgan fingerprint density at radius 3 is 2.89 bits per heavy atom. The van der Waals surface area contributed by atoms with Crippen molar-refractivity contribution in [3.8, 4) is 0 Å². The third kappa shape index (κ3) is 2.15. The lowest BCUT2D eigenvalue weighted by molar-refractivity contribution is 0.479. The van der Waals surface area contributed by atoms with Crippen LogP contribution in [-0.4, -0.2) is 6.54 Å². The van der Waals surface area contributed by atoms with Gasteiger partial charge >= 0.3 is 0 Å². The largest absolute Gasteiger partial charge is 0.385 e. The van der Waals surface area contributed by atoms with E-state index in [0.29, 0.717) is 11.3 Å². The monoisotopic (exact) mass is 242 g/mol. The van der Waals surface area contributed by atoms with Crippen LogP contribution in [0.3, 0.4) is 0 Å². The van der Waals surface area contributed by atoms with Gasteiger partial charge in [-0.05, 0) is 54.2 Å². The molecule has 0 aromatic heterocycles. The molecule has 0 bridgehead atoms. The molecule has 1 heteroatoms. The van der Waals surface area contributed by atoms with Crippen LogP contribution >= 0.6 is 0 Å². The van der Waals surface area contributed by atoms with E-state index in [9.17, 15) is 0 Å². The second kappa shape index (κ2) is 4.60. The van der Waals surface area contributed by atoms with Crippen LogP contribution in [0.2, 0.25) is 0 Å². The van der Waals surface area contributed by atoms with Crippen LogP contribution in [0.15, 0.2) is 18.2 Å². The van der Waals surface area contributed by atoms with Crippen molar-refractivity contribution < 1.29 is 0 Å². The summed E-state index contributed by atoms with van der Waals surface area (Å²) < 4.78 is 0. The predicted molar refractivity (Wildman–Crippen MR) is 78.1 cm³/mol. The average molecular weight is 242 g/mol. The predicted octanol–water partition coefficient (Wildman–Crippen LogP) is 4.64. The van der Waals surface area contributed by atoms with Crippen LogP contribution in [0.4, 0.5) is 5.69 Å². The molecule has 2 aliphatic rings. The lowest BCUT2D eigenvalue weighted by atomic mass is 9.75.